The Hall–Kier alpha value is -5.20. The Morgan fingerprint density at radius 3 is 2.74 bits per heavy atom. The van der Waals surface area contributed by atoms with Gasteiger partial charge in [-0.2, -0.15) is 5.10 Å². The molecule has 198 valence electrons. The van der Waals surface area contributed by atoms with Crippen LogP contribution in [0.1, 0.15) is 16.1 Å². The Labute approximate surface area is 219 Å². The summed E-state index contributed by atoms with van der Waals surface area (Å²) in [5, 5.41) is 10.2. The Morgan fingerprint density at radius 1 is 1.10 bits per heavy atom. The van der Waals surface area contributed by atoms with Gasteiger partial charge in [-0.3, -0.25) is 9.89 Å². The van der Waals surface area contributed by atoms with Gasteiger partial charge in [0, 0.05) is 42.9 Å². The number of aromatic nitrogens is 5. The number of amides is 1. The first-order valence-electron chi connectivity index (χ1n) is 11.7. The third kappa shape index (κ3) is 4.33. The minimum atomic E-state index is -0.798. The minimum absolute atomic E-state index is 0.0166. The number of rotatable bonds is 6. The van der Waals surface area contributed by atoms with Crippen molar-refractivity contribution < 1.29 is 27.8 Å². The summed E-state index contributed by atoms with van der Waals surface area (Å²) in [6.45, 7) is 1.84. The van der Waals surface area contributed by atoms with Crippen molar-refractivity contribution in [3.05, 3.63) is 65.6 Å². The molecule has 0 aliphatic carbocycles. The molecule has 39 heavy (non-hydrogen) atoms. The molecule has 0 spiro atoms. The molecule has 3 aromatic heterocycles. The number of nitrogens with zero attached hydrogens (tertiary/aromatic N) is 4. The van der Waals surface area contributed by atoms with Gasteiger partial charge in [0.15, 0.2) is 40.5 Å². The third-order valence-electron chi connectivity index (χ3n) is 6.05. The average molecular weight is 533 g/mol. The number of nitrogens with one attached hydrogen (secondary N) is 3. The number of halogens is 2. The Morgan fingerprint density at radius 2 is 1.92 bits per heavy atom. The van der Waals surface area contributed by atoms with Gasteiger partial charge in [0.1, 0.15) is 11.9 Å². The standard InChI is InChI=1S/C26H21F2N7O4/c1-12-6-14-22(28)19(8-15(27)23(14)31-12)39-25-21(26(36)35(2)3)24(29-10-30-25)32-20-9-16(33-34-20)13-4-5-17-18(7-13)38-11-37-17/h4-10,31H,11H2,1-3H3,(H2,29,30,32,33,34). The molecule has 5 aromatic rings. The monoisotopic (exact) mass is 533 g/mol. The van der Waals surface area contributed by atoms with Crippen molar-refractivity contribution in [2.24, 2.45) is 0 Å². The van der Waals surface area contributed by atoms with Crippen LogP contribution >= 0.6 is 0 Å². The van der Waals surface area contributed by atoms with Crippen molar-refractivity contribution >= 4 is 28.4 Å². The number of hydrogen-bond donors (Lipinski definition) is 3. The molecule has 0 saturated carbocycles. The molecule has 1 amide bonds. The maximum absolute atomic E-state index is 15.2. The Bertz CT molecular complexity index is 1750. The van der Waals surface area contributed by atoms with Crippen LogP contribution < -0.4 is 19.5 Å². The van der Waals surface area contributed by atoms with E-state index in [9.17, 15) is 9.18 Å². The molecular formula is C26H21F2N7O4. The van der Waals surface area contributed by atoms with Gasteiger partial charge in [-0.1, -0.05) is 0 Å². The van der Waals surface area contributed by atoms with E-state index in [1.54, 1.807) is 19.1 Å². The minimum Gasteiger partial charge on any atom is -0.454 e. The van der Waals surface area contributed by atoms with E-state index in [1.165, 1.54) is 25.1 Å². The van der Waals surface area contributed by atoms with Crippen molar-refractivity contribution in [1.29, 1.82) is 0 Å². The highest BCUT2D eigenvalue weighted by Gasteiger charge is 2.26. The van der Waals surface area contributed by atoms with Gasteiger partial charge in [0.25, 0.3) is 5.91 Å². The van der Waals surface area contributed by atoms with Crippen LogP contribution in [0.5, 0.6) is 23.1 Å². The molecule has 2 aromatic carbocycles. The van der Waals surface area contributed by atoms with Gasteiger partial charge in [-0.05, 0) is 31.2 Å². The van der Waals surface area contributed by atoms with Crippen molar-refractivity contribution in [3.8, 4) is 34.4 Å². The zero-order chi connectivity index (χ0) is 27.3. The molecule has 1 aliphatic rings. The highest BCUT2D eigenvalue weighted by atomic mass is 19.1. The lowest BCUT2D eigenvalue weighted by Gasteiger charge is -2.17. The molecule has 13 heteroatoms. The van der Waals surface area contributed by atoms with Gasteiger partial charge in [-0.25, -0.2) is 18.7 Å². The number of ether oxygens (including phenoxy) is 3. The lowest BCUT2D eigenvalue weighted by atomic mass is 10.1. The Balaban J connectivity index is 1.35. The summed E-state index contributed by atoms with van der Waals surface area (Å²) in [4.78, 5) is 25.5. The second kappa shape index (κ2) is 9.28. The van der Waals surface area contributed by atoms with Crippen LogP contribution in [0.25, 0.3) is 22.2 Å². The molecule has 6 rings (SSSR count). The van der Waals surface area contributed by atoms with E-state index in [2.05, 4.69) is 30.5 Å². The van der Waals surface area contributed by atoms with Gasteiger partial charge in [0.2, 0.25) is 12.7 Å². The van der Waals surface area contributed by atoms with Gasteiger partial charge in [0.05, 0.1) is 11.2 Å². The molecule has 0 saturated heterocycles. The maximum atomic E-state index is 15.2. The molecule has 0 fully saturated rings. The second-order valence-corrected chi connectivity index (χ2v) is 8.98. The number of carbonyl (C=O) groups excluding carboxylic acids is 1. The van der Waals surface area contributed by atoms with E-state index in [1.807, 2.05) is 12.1 Å². The summed E-state index contributed by atoms with van der Waals surface area (Å²) >= 11 is 0. The quantitative estimate of drug-likeness (QED) is 0.281. The summed E-state index contributed by atoms with van der Waals surface area (Å²) in [5.41, 5.74) is 1.96. The first-order chi connectivity index (χ1) is 18.8. The van der Waals surface area contributed by atoms with Crippen molar-refractivity contribution in [2.75, 3.05) is 26.2 Å². The topological polar surface area (TPSA) is 130 Å². The molecule has 0 unspecified atom stereocenters. The predicted molar refractivity (Wildman–Crippen MR) is 137 cm³/mol. The van der Waals surface area contributed by atoms with Crippen LogP contribution in [0.2, 0.25) is 0 Å². The molecule has 1 aliphatic heterocycles. The molecular weight excluding hydrogens is 512 g/mol. The number of carbonyl (C=O) groups is 1. The molecule has 3 N–H and O–H groups in total. The normalized spacial score (nSPS) is 12.1. The fourth-order valence-corrected chi connectivity index (χ4v) is 4.19. The first kappa shape index (κ1) is 24.2. The van der Waals surface area contributed by atoms with Crippen LogP contribution in [0.4, 0.5) is 20.4 Å². The number of anilines is 2. The number of benzene rings is 2. The lowest BCUT2D eigenvalue weighted by Crippen LogP contribution is -2.24. The number of fused-ring (bicyclic) bond motifs is 2. The summed E-state index contributed by atoms with van der Waals surface area (Å²) in [5.74, 6) is -1.07. The number of aromatic amines is 2. The fraction of sp³-hybridized carbons (Fsp3) is 0.154. The molecule has 0 radical (unpaired) electrons. The van der Waals surface area contributed by atoms with Crippen LogP contribution in [-0.4, -0.2) is 56.8 Å². The van der Waals surface area contributed by atoms with Crippen LogP contribution in [0.15, 0.2) is 42.7 Å². The smallest absolute Gasteiger partial charge is 0.262 e. The van der Waals surface area contributed by atoms with E-state index < -0.39 is 23.3 Å². The van der Waals surface area contributed by atoms with Crippen LogP contribution in [0, 0.1) is 18.6 Å². The predicted octanol–water partition coefficient (Wildman–Crippen LogP) is 4.90. The molecule has 11 nitrogen and oxygen atoms in total. The van der Waals surface area contributed by atoms with Crippen molar-refractivity contribution in [3.63, 3.8) is 0 Å². The number of aryl methyl sites for hydroxylation is 1. The van der Waals surface area contributed by atoms with E-state index >= 15 is 4.39 Å². The van der Waals surface area contributed by atoms with Crippen LogP contribution in [0.3, 0.4) is 0 Å². The average Bonchev–Trinajstić information content (AvgIpc) is 3.66. The molecule has 4 heterocycles. The van der Waals surface area contributed by atoms with Gasteiger partial charge < -0.3 is 29.4 Å². The lowest BCUT2D eigenvalue weighted by molar-refractivity contribution is 0.0824. The maximum Gasteiger partial charge on any atom is 0.262 e. The molecule has 0 bridgehead atoms. The fourth-order valence-electron chi connectivity index (χ4n) is 4.19. The zero-order valence-corrected chi connectivity index (χ0v) is 20.9. The summed E-state index contributed by atoms with van der Waals surface area (Å²) in [7, 11) is 3.06. The third-order valence-corrected chi connectivity index (χ3v) is 6.05. The Kier molecular flexibility index (Phi) is 5.74. The summed E-state index contributed by atoms with van der Waals surface area (Å²) in [6, 6.07) is 9.53. The molecule has 0 atom stereocenters. The van der Waals surface area contributed by atoms with Gasteiger partial charge >= 0.3 is 0 Å². The summed E-state index contributed by atoms with van der Waals surface area (Å²) in [6.07, 6.45) is 1.14. The van der Waals surface area contributed by atoms with Gasteiger partial charge in [-0.15, -0.1) is 0 Å². The zero-order valence-electron chi connectivity index (χ0n) is 20.9. The van der Waals surface area contributed by atoms with Crippen molar-refractivity contribution in [2.45, 2.75) is 6.92 Å². The number of hydrogen-bond acceptors (Lipinski definition) is 8. The van der Waals surface area contributed by atoms with E-state index in [0.717, 1.165) is 18.0 Å². The highest BCUT2D eigenvalue weighted by molar-refractivity contribution is 6.01. The highest BCUT2D eigenvalue weighted by Crippen LogP contribution is 2.37. The summed E-state index contributed by atoms with van der Waals surface area (Å²) < 4.78 is 46.4. The number of H-pyrrole nitrogens is 2. The second-order valence-electron chi connectivity index (χ2n) is 8.98. The van der Waals surface area contributed by atoms with Crippen molar-refractivity contribution in [1.82, 2.24) is 30.0 Å². The largest absolute Gasteiger partial charge is 0.454 e. The van der Waals surface area contributed by atoms with Crippen LogP contribution in [-0.2, 0) is 0 Å². The van der Waals surface area contributed by atoms with E-state index in [-0.39, 0.29) is 35.0 Å². The van der Waals surface area contributed by atoms with E-state index in [4.69, 9.17) is 14.2 Å². The van der Waals surface area contributed by atoms with E-state index in [0.29, 0.717) is 28.7 Å². The SMILES string of the molecule is Cc1cc2c(F)c(Oc3ncnc(Nc4cc(-c5ccc6c(c5)OCO6)[nH]n4)c3C(=O)N(C)C)cc(F)c2[nH]1. The first-order valence-corrected chi connectivity index (χ1v) is 11.7.